The Balaban J connectivity index is 1.41. The minimum Gasteiger partial charge on any atom is -0.445 e. The zero-order chi connectivity index (χ0) is 24.0. The number of nitrogens with two attached hydrogens (primary N) is 1. The third kappa shape index (κ3) is 8.71. The van der Waals surface area contributed by atoms with Crippen LogP contribution in [0, 0.1) is 0 Å². The number of nitrogens with zero attached hydrogens (tertiary/aromatic N) is 1. The Labute approximate surface area is 201 Å². The molecule has 0 bridgehead atoms. The van der Waals surface area contributed by atoms with Gasteiger partial charge in [0.15, 0.2) is 0 Å². The molecule has 0 aliphatic heterocycles. The average Bonchev–Trinajstić information content (AvgIpc) is 2.88. The van der Waals surface area contributed by atoms with Gasteiger partial charge in [-0.3, -0.25) is 4.79 Å². The van der Waals surface area contributed by atoms with Crippen molar-refractivity contribution in [3.05, 3.63) is 108 Å². The van der Waals surface area contributed by atoms with Gasteiger partial charge in [-0.25, -0.2) is 4.79 Å². The highest BCUT2D eigenvalue weighted by Gasteiger charge is 2.21. The Morgan fingerprint density at radius 2 is 1.26 bits per heavy atom. The molecule has 0 fully saturated rings. The van der Waals surface area contributed by atoms with Gasteiger partial charge in [-0.1, -0.05) is 91.0 Å². The van der Waals surface area contributed by atoms with E-state index >= 15 is 0 Å². The molecule has 0 heterocycles. The molecule has 6 heteroatoms. The molecule has 6 nitrogen and oxygen atoms in total. The van der Waals surface area contributed by atoms with E-state index < -0.39 is 12.1 Å². The summed E-state index contributed by atoms with van der Waals surface area (Å²) in [5.41, 5.74) is 9.35. The Hall–Kier alpha value is -3.64. The number of rotatable bonds is 12. The number of hydrogen-bond acceptors (Lipinski definition) is 4. The van der Waals surface area contributed by atoms with E-state index in [0.717, 1.165) is 29.5 Å². The van der Waals surface area contributed by atoms with E-state index in [-0.39, 0.29) is 12.5 Å². The molecular weight excluding hydrogens is 426 g/mol. The van der Waals surface area contributed by atoms with Gasteiger partial charge in [0.1, 0.15) is 6.61 Å². The topological polar surface area (TPSA) is 84.7 Å². The van der Waals surface area contributed by atoms with E-state index in [9.17, 15) is 9.59 Å². The summed E-state index contributed by atoms with van der Waals surface area (Å²) in [7, 11) is 0. The normalized spacial score (nSPS) is 11.4. The lowest BCUT2D eigenvalue weighted by Crippen LogP contribution is -2.43. The smallest absolute Gasteiger partial charge is 0.407 e. The highest BCUT2D eigenvalue weighted by atomic mass is 16.5. The van der Waals surface area contributed by atoms with Crippen molar-refractivity contribution in [2.75, 3.05) is 6.54 Å². The van der Waals surface area contributed by atoms with Gasteiger partial charge < -0.3 is 20.7 Å². The Morgan fingerprint density at radius 1 is 0.765 bits per heavy atom. The first-order valence-corrected chi connectivity index (χ1v) is 11.7. The zero-order valence-corrected chi connectivity index (χ0v) is 19.4. The molecule has 0 radical (unpaired) electrons. The lowest BCUT2D eigenvalue weighted by molar-refractivity contribution is -0.134. The maximum Gasteiger partial charge on any atom is 0.407 e. The minimum atomic E-state index is -0.586. The predicted octanol–water partition coefficient (Wildman–Crippen LogP) is 4.64. The van der Waals surface area contributed by atoms with E-state index in [1.807, 2.05) is 95.9 Å². The predicted molar refractivity (Wildman–Crippen MR) is 134 cm³/mol. The Bertz CT molecular complexity index is 956. The summed E-state index contributed by atoms with van der Waals surface area (Å²) in [6, 6.07) is 28.8. The highest BCUT2D eigenvalue weighted by Crippen LogP contribution is 2.13. The molecular formula is C28H33N3O3. The van der Waals surface area contributed by atoms with Gasteiger partial charge in [0.25, 0.3) is 0 Å². The number of hydrogen-bond donors (Lipinski definition) is 2. The summed E-state index contributed by atoms with van der Waals surface area (Å²) in [4.78, 5) is 26.8. The maximum atomic E-state index is 13.2. The molecule has 2 amide bonds. The highest BCUT2D eigenvalue weighted by molar-refractivity contribution is 5.81. The largest absolute Gasteiger partial charge is 0.445 e. The molecule has 0 spiro atoms. The summed E-state index contributed by atoms with van der Waals surface area (Å²) in [5.74, 6) is -0.0667. The first kappa shape index (κ1) is 25.0. The second-order valence-electron chi connectivity index (χ2n) is 8.26. The Kier molecular flexibility index (Phi) is 10.1. The van der Waals surface area contributed by atoms with E-state index in [0.29, 0.717) is 26.1 Å². The second kappa shape index (κ2) is 13.8. The molecule has 0 unspecified atom stereocenters. The van der Waals surface area contributed by atoms with Crippen molar-refractivity contribution in [3.8, 4) is 0 Å². The van der Waals surface area contributed by atoms with Gasteiger partial charge in [-0.15, -0.1) is 0 Å². The van der Waals surface area contributed by atoms with Crippen LogP contribution in [0.15, 0.2) is 91.0 Å². The second-order valence-corrected chi connectivity index (χ2v) is 8.26. The molecule has 34 heavy (non-hydrogen) atoms. The maximum absolute atomic E-state index is 13.2. The number of benzene rings is 3. The van der Waals surface area contributed by atoms with Gasteiger partial charge >= 0.3 is 6.09 Å². The van der Waals surface area contributed by atoms with Crippen molar-refractivity contribution in [2.45, 2.75) is 45.0 Å². The van der Waals surface area contributed by atoms with Gasteiger partial charge in [0.2, 0.25) is 5.91 Å². The van der Waals surface area contributed by atoms with E-state index in [4.69, 9.17) is 10.5 Å². The first-order chi connectivity index (χ1) is 16.6. The number of nitrogens with one attached hydrogen (secondary N) is 1. The summed E-state index contributed by atoms with van der Waals surface area (Å²) in [6.45, 7) is 1.74. The number of unbranched alkanes of at least 4 members (excludes halogenated alkanes) is 1. The lowest BCUT2D eigenvalue weighted by Gasteiger charge is -2.26. The average molecular weight is 460 g/mol. The molecule has 178 valence electrons. The van der Waals surface area contributed by atoms with Crippen LogP contribution < -0.4 is 11.1 Å². The molecule has 0 aliphatic rings. The lowest BCUT2D eigenvalue weighted by atomic mass is 10.1. The van der Waals surface area contributed by atoms with Crippen molar-refractivity contribution in [3.63, 3.8) is 0 Å². The quantitative estimate of drug-likeness (QED) is 0.387. The summed E-state index contributed by atoms with van der Waals surface area (Å²) in [5, 5.41) is 2.75. The molecule has 3 rings (SSSR count). The van der Waals surface area contributed by atoms with Gasteiger partial charge in [-0.05, 0) is 36.0 Å². The van der Waals surface area contributed by atoms with Crippen molar-refractivity contribution in [1.82, 2.24) is 10.2 Å². The molecule has 0 saturated heterocycles. The fourth-order valence-electron chi connectivity index (χ4n) is 3.63. The fraction of sp³-hybridized carbons (Fsp3) is 0.286. The van der Waals surface area contributed by atoms with Crippen LogP contribution in [-0.2, 0) is 29.2 Å². The summed E-state index contributed by atoms with van der Waals surface area (Å²) < 4.78 is 5.20. The van der Waals surface area contributed by atoms with Crippen LogP contribution in [0.25, 0.3) is 0 Å². The van der Waals surface area contributed by atoms with Crippen LogP contribution in [0.4, 0.5) is 4.79 Å². The number of amides is 2. The van der Waals surface area contributed by atoms with Crippen LogP contribution in [0.2, 0.25) is 0 Å². The summed E-state index contributed by atoms with van der Waals surface area (Å²) >= 11 is 0. The minimum absolute atomic E-state index is 0.0667. The first-order valence-electron chi connectivity index (χ1n) is 11.7. The van der Waals surface area contributed by atoms with Crippen LogP contribution >= 0.6 is 0 Å². The van der Waals surface area contributed by atoms with E-state index in [2.05, 4.69) is 5.32 Å². The zero-order valence-electron chi connectivity index (χ0n) is 19.4. The van der Waals surface area contributed by atoms with E-state index in [1.54, 1.807) is 0 Å². The molecule has 0 aliphatic carbocycles. The number of alkyl carbamates (subject to hydrolysis) is 1. The fourth-order valence-corrected chi connectivity index (χ4v) is 3.63. The van der Waals surface area contributed by atoms with Gasteiger partial charge in [0, 0.05) is 19.6 Å². The van der Waals surface area contributed by atoms with Crippen LogP contribution in [0.1, 0.15) is 36.0 Å². The molecule has 3 aromatic carbocycles. The third-order valence-corrected chi connectivity index (χ3v) is 5.49. The molecule has 0 saturated carbocycles. The van der Waals surface area contributed by atoms with Crippen LogP contribution in [0.5, 0.6) is 0 Å². The van der Waals surface area contributed by atoms with Gasteiger partial charge in [0.05, 0.1) is 6.04 Å². The van der Waals surface area contributed by atoms with Crippen LogP contribution in [0.3, 0.4) is 0 Å². The number of carbonyl (C=O) groups is 2. The molecule has 3 aromatic rings. The van der Waals surface area contributed by atoms with Crippen molar-refractivity contribution in [2.24, 2.45) is 5.73 Å². The number of ether oxygens (including phenoxy) is 1. The summed E-state index contributed by atoms with van der Waals surface area (Å²) in [6.07, 6.45) is 1.57. The van der Waals surface area contributed by atoms with E-state index in [1.165, 1.54) is 0 Å². The molecule has 0 aromatic heterocycles. The standard InChI is InChI=1S/C28H33N3O3/c29-26(18-10-11-19-30-28(33)34-22-25-16-8-3-9-17-25)27(32)31(20-23-12-4-1-5-13-23)21-24-14-6-2-7-15-24/h1-9,12-17,26H,10-11,18-22,29H2,(H,30,33)/t26-/m0/s1. The third-order valence-electron chi connectivity index (χ3n) is 5.49. The molecule has 3 N–H and O–H groups in total. The monoisotopic (exact) mass is 459 g/mol. The van der Waals surface area contributed by atoms with Crippen LogP contribution in [-0.4, -0.2) is 29.5 Å². The number of carbonyl (C=O) groups excluding carboxylic acids is 2. The van der Waals surface area contributed by atoms with Crippen molar-refractivity contribution in [1.29, 1.82) is 0 Å². The SMILES string of the molecule is N[C@@H](CCCCNC(=O)OCc1ccccc1)C(=O)N(Cc1ccccc1)Cc1ccccc1. The van der Waals surface area contributed by atoms with Gasteiger partial charge in [-0.2, -0.15) is 0 Å². The molecule has 1 atom stereocenters. The van der Waals surface area contributed by atoms with Crippen molar-refractivity contribution >= 4 is 12.0 Å². The Morgan fingerprint density at radius 3 is 1.79 bits per heavy atom. The van der Waals surface area contributed by atoms with Crippen molar-refractivity contribution < 1.29 is 14.3 Å².